The van der Waals surface area contributed by atoms with E-state index in [0.717, 1.165) is 49.6 Å². The molecule has 6 nitrogen and oxygen atoms in total. The number of rotatable bonds is 12. The van der Waals surface area contributed by atoms with E-state index in [1.807, 2.05) is 0 Å². The van der Waals surface area contributed by atoms with E-state index >= 15 is 0 Å². The molecule has 0 spiro atoms. The lowest BCUT2D eigenvalue weighted by molar-refractivity contribution is -0.137. The number of aliphatic carboxylic acids is 1. The Kier molecular flexibility index (Phi) is 11.4. The average Bonchev–Trinajstić information content (AvgIpc) is 2.29. The maximum atomic E-state index is 10.3. The normalized spacial score (nSPS) is 12.0. The lowest BCUT2D eigenvalue weighted by atomic mass is 10.1. The fraction of sp³-hybridized carbons (Fsp3) is 0.889. The van der Waals surface area contributed by atoms with Gasteiger partial charge in [0.15, 0.2) is 0 Å². The first-order valence-corrected chi connectivity index (χ1v) is 7.13. The van der Waals surface area contributed by atoms with Crippen LogP contribution in [0.1, 0.15) is 38.5 Å². The minimum absolute atomic E-state index is 0.119. The number of carbonyl (C=O) groups is 1. The number of carboxylic acid groups (broad SMARTS) is 1. The Hall–Kier alpha value is -0.630. The molecule has 0 aromatic heterocycles. The Morgan fingerprint density at radius 2 is 1.82 bits per heavy atom. The minimum Gasteiger partial charge on any atom is -0.481 e. The van der Waals surface area contributed by atoms with Crippen molar-refractivity contribution >= 4 is 29.9 Å². The van der Waals surface area contributed by atoms with Gasteiger partial charge in [-0.25, -0.2) is 0 Å². The molecule has 0 radical (unpaired) electrons. The standard InChI is InChI=1S/C9H16N2O4S2/c12-9(13)6-2-1-4-8(17-11-15)5-3-7-16-10-14/h8H,1-7H2,(H,12,13). The topological polar surface area (TPSA) is 96.2 Å². The van der Waals surface area contributed by atoms with Gasteiger partial charge in [0.05, 0.1) is 0 Å². The van der Waals surface area contributed by atoms with Gasteiger partial charge in [0, 0.05) is 50.5 Å². The van der Waals surface area contributed by atoms with Gasteiger partial charge in [-0.05, 0) is 25.7 Å². The highest BCUT2D eigenvalue weighted by Crippen LogP contribution is 2.24. The molecule has 0 aliphatic heterocycles. The Bertz CT molecular complexity index is 241. The highest BCUT2D eigenvalue weighted by atomic mass is 32.2. The summed E-state index contributed by atoms with van der Waals surface area (Å²) < 4.78 is 5.49. The Labute approximate surface area is 109 Å². The molecule has 98 valence electrons. The summed E-state index contributed by atoms with van der Waals surface area (Å²) in [6, 6.07) is 0. The van der Waals surface area contributed by atoms with Gasteiger partial charge >= 0.3 is 5.97 Å². The van der Waals surface area contributed by atoms with Crippen molar-refractivity contribution in [3.8, 4) is 0 Å². The summed E-state index contributed by atoms with van der Waals surface area (Å²) in [4.78, 5) is 30.3. The van der Waals surface area contributed by atoms with Crippen LogP contribution >= 0.6 is 23.9 Å². The predicted octanol–water partition coefficient (Wildman–Crippen LogP) is 3.61. The molecule has 0 fully saturated rings. The van der Waals surface area contributed by atoms with Crippen molar-refractivity contribution in [2.45, 2.75) is 43.8 Å². The number of hydrogen-bond acceptors (Lipinski definition) is 7. The van der Waals surface area contributed by atoms with Gasteiger partial charge in [-0.15, -0.1) is 9.81 Å². The number of unbranched alkanes of at least 4 members (excludes halogenated alkanes) is 1. The van der Waals surface area contributed by atoms with E-state index < -0.39 is 5.97 Å². The quantitative estimate of drug-likeness (QED) is 0.333. The monoisotopic (exact) mass is 280 g/mol. The third-order valence-corrected chi connectivity index (χ3v) is 3.61. The first-order chi connectivity index (χ1) is 8.20. The fourth-order valence-corrected chi connectivity index (χ4v) is 2.41. The second-order valence-electron chi connectivity index (χ2n) is 3.49. The zero-order valence-electron chi connectivity index (χ0n) is 9.41. The second-order valence-corrected chi connectivity index (χ2v) is 5.33. The van der Waals surface area contributed by atoms with Crippen molar-refractivity contribution in [3.63, 3.8) is 0 Å². The highest BCUT2D eigenvalue weighted by molar-refractivity contribution is 7.98. The van der Waals surface area contributed by atoms with Crippen LogP contribution in [0.25, 0.3) is 0 Å². The smallest absolute Gasteiger partial charge is 0.303 e. The molecule has 0 heterocycles. The number of hydrogen-bond donors (Lipinski definition) is 1. The van der Waals surface area contributed by atoms with Crippen molar-refractivity contribution in [1.29, 1.82) is 0 Å². The van der Waals surface area contributed by atoms with E-state index in [0.29, 0.717) is 12.2 Å². The summed E-state index contributed by atoms with van der Waals surface area (Å²) in [6.45, 7) is 0. The fourth-order valence-electron chi connectivity index (χ4n) is 1.37. The Balaban J connectivity index is 3.62. The zero-order valence-corrected chi connectivity index (χ0v) is 11.0. The largest absolute Gasteiger partial charge is 0.481 e. The molecule has 1 atom stereocenters. The van der Waals surface area contributed by atoms with Crippen molar-refractivity contribution in [1.82, 2.24) is 0 Å². The minimum atomic E-state index is -0.795. The molecule has 0 aromatic rings. The highest BCUT2D eigenvalue weighted by Gasteiger charge is 2.10. The van der Waals surface area contributed by atoms with Crippen LogP contribution in [0.5, 0.6) is 0 Å². The third kappa shape index (κ3) is 11.6. The van der Waals surface area contributed by atoms with Gasteiger partial charge in [0.1, 0.15) is 0 Å². The van der Waals surface area contributed by atoms with Crippen LogP contribution in [0.4, 0.5) is 0 Å². The van der Waals surface area contributed by atoms with E-state index in [2.05, 4.69) is 9.16 Å². The summed E-state index contributed by atoms with van der Waals surface area (Å²) in [5, 5.41) is 8.59. The Morgan fingerprint density at radius 1 is 1.12 bits per heavy atom. The van der Waals surface area contributed by atoms with Gasteiger partial charge in [0.2, 0.25) is 0 Å². The van der Waals surface area contributed by atoms with Crippen LogP contribution in [0.2, 0.25) is 0 Å². The summed E-state index contributed by atoms with van der Waals surface area (Å²) in [6.07, 6.45) is 3.95. The van der Waals surface area contributed by atoms with Gasteiger partial charge in [-0.3, -0.25) is 4.79 Å². The van der Waals surface area contributed by atoms with Crippen LogP contribution in [0.15, 0.2) is 9.16 Å². The number of nitrogens with zero attached hydrogens (tertiary/aromatic N) is 2. The summed E-state index contributed by atoms with van der Waals surface area (Å²) in [5.41, 5.74) is 0. The molecule has 1 unspecified atom stereocenters. The number of carboxylic acids is 1. The molecule has 0 aromatic carbocycles. The van der Waals surface area contributed by atoms with Crippen molar-refractivity contribution < 1.29 is 9.90 Å². The van der Waals surface area contributed by atoms with Crippen LogP contribution in [0.3, 0.4) is 0 Å². The predicted molar refractivity (Wildman–Crippen MR) is 70.8 cm³/mol. The summed E-state index contributed by atoms with van der Waals surface area (Å²) in [7, 11) is 0. The molecule has 8 heteroatoms. The van der Waals surface area contributed by atoms with Crippen molar-refractivity contribution in [3.05, 3.63) is 9.81 Å². The van der Waals surface area contributed by atoms with E-state index in [9.17, 15) is 14.6 Å². The van der Waals surface area contributed by atoms with E-state index in [-0.39, 0.29) is 11.7 Å². The van der Waals surface area contributed by atoms with Gasteiger partial charge in [-0.1, -0.05) is 6.42 Å². The lowest BCUT2D eigenvalue weighted by Crippen LogP contribution is -2.03. The molecular weight excluding hydrogens is 264 g/mol. The average molecular weight is 280 g/mol. The number of nitroso groups, excluding NO2 is 2. The van der Waals surface area contributed by atoms with E-state index in [1.165, 1.54) is 0 Å². The van der Waals surface area contributed by atoms with Gasteiger partial charge < -0.3 is 5.11 Å². The molecule has 0 bridgehead atoms. The molecule has 0 amide bonds. The van der Waals surface area contributed by atoms with Crippen molar-refractivity contribution in [2.75, 3.05) is 5.75 Å². The molecule has 0 aliphatic rings. The molecule has 0 aliphatic carbocycles. The third-order valence-electron chi connectivity index (χ3n) is 2.17. The first-order valence-electron chi connectivity index (χ1n) is 5.35. The van der Waals surface area contributed by atoms with Crippen LogP contribution in [-0.2, 0) is 4.79 Å². The maximum Gasteiger partial charge on any atom is 0.303 e. The second kappa shape index (κ2) is 11.8. The molecule has 0 saturated carbocycles. The van der Waals surface area contributed by atoms with Crippen LogP contribution in [-0.4, -0.2) is 22.1 Å². The lowest BCUT2D eigenvalue weighted by Gasteiger charge is -2.10. The molecule has 0 saturated heterocycles. The molecule has 1 N–H and O–H groups in total. The molecular formula is C9H16N2O4S2. The van der Waals surface area contributed by atoms with E-state index in [1.54, 1.807) is 0 Å². The summed E-state index contributed by atoms with van der Waals surface area (Å²) >= 11 is 1.97. The summed E-state index contributed by atoms with van der Waals surface area (Å²) in [5.74, 6) is -0.148. The Morgan fingerprint density at radius 3 is 2.41 bits per heavy atom. The zero-order chi connectivity index (χ0) is 12.9. The van der Waals surface area contributed by atoms with Crippen LogP contribution in [0, 0.1) is 9.81 Å². The SMILES string of the molecule is O=NSCCCC(CCCCC(=O)O)SN=O. The molecule has 17 heavy (non-hydrogen) atoms. The maximum absolute atomic E-state index is 10.3. The first kappa shape index (κ1) is 16.4. The molecule has 0 rings (SSSR count). The van der Waals surface area contributed by atoms with Gasteiger partial charge in [0.25, 0.3) is 0 Å². The van der Waals surface area contributed by atoms with E-state index in [4.69, 9.17) is 5.11 Å². The van der Waals surface area contributed by atoms with Crippen LogP contribution < -0.4 is 0 Å². The van der Waals surface area contributed by atoms with Crippen molar-refractivity contribution in [2.24, 2.45) is 9.16 Å². The van der Waals surface area contributed by atoms with Gasteiger partial charge in [-0.2, -0.15) is 0 Å².